The van der Waals surface area contributed by atoms with Gasteiger partial charge in [0.1, 0.15) is 5.82 Å². The molecule has 3 nitrogen and oxygen atoms in total. The second-order valence-electron chi connectivity index (χ2n) is 3.96. The van der Waals surface area contributed by atoms with E-state index in [-0.39, 0.29) is 12.5 Å². The van der Waals surface area contributed by atoms with Gasteiger partial charge >= 0.3 is 6.18 Å². The summed E-state index contributed by atoms with van der Waals surface area (Å²) >= 11 is 0. The number of fused-ring (bicyclic) bond motifs is 1. The SMILES string of the molecule is Cc1cnn2c1NC(C)CC2C(F)(F)F. The number of aromatic nitrogens is 2. The van der Waals surface area contributed by atoms with Crippen LogP contribution in [0.5, 0.6) is 0 Å². The van der Waals surface area contributed by atoms with Crippen LogP contribution in [-0.2, 0) is 0 Å². The van der Waals surface area contributed by atoms with Crippen molar-refractivity contribution in [2.45, 2.75) is 38.5 Å². The molecular weight excluding hydrogens is 207 g/mol. The summed E-state index contributed by atoms with van der Waals surface area (Å²) in [7, 11) is 0. The summed E-state index contributed by atoms with van der Waals surface area (Å²) in [6, 6.07) is -1.68. The molecule has 0 radical (unpaired) electrons. The first kappa shape index (κ1) is 10.3. The Labute approximate surface area is 85.3 Å². The maximum absolute atomic E-state index is 12.7. The molecule has 0 bridgehead atoms. The van der Waals surface area contributed by atoms with Crippen LogP contribution in [-0.4, -0.2) is 22.0 Å². The van der Waals surface area contributed by atoms with Crippen molar-refractivity contribution in [3.8, 4) is 0 Å². The summed E-state index contributed by atoms with van der Waals surface area (Å²) in [5.41, 5.74) is 0.746. The normalized spacial score (nSPS) is 25.9. The number of hydrogen-bond donors (Lipinski definition) is 1. The monoisotopic (exact) mass is 219 g/mol. The van der Waals surface area contributed by atoms with Gasteiger partial charge < -0.3 is 5.32 Å². The number of nitrogens with zero attached hydrogens (tertiary/aromatic N) is 2. The molecule has 6 heteroatoms. The fourth-order valence-corrected chi connectivity index (χ4v) is 1.86. The second-order valence-corrected chi connectivity index (χ2v) is 3.96. The molecule has 0 amide bonds. The van der Waals surface area contributed by atoms with Gasteiger partial charge in [0.2, 0.25) is 0 Å². The second kappa shape index (κ2) is 3.15. The van der Waals surface area contributed by atoms with E-state index < -0.39 is 12.2 Å². The van der Waals surface area contributed by atoms with Crippen LogP contribution >= 0.6 is 0 Å². The molecule has 1 aliphatic rings. The number of rotatable bonds is 0. The largest absolute Gasteiger partial charge is 0.410 e. The highest BCUT2D eigenvalue weighted by Crippen LogP contribution is 2.39. The van der Waals surface area contributed by atoms with Crippen molar-refractivity contribution in [1.29, 1.82) is 0 Å². The minimum atomic E-state index is -4.23. The average Bonchev–Trinajstić information content (AvgIpc) is 2.45. The Morgan fingerprint density at radius 1 is 1.53 bits per heavy atom. The van der Waals surface area contributed by atoms with E-state index >= 15 is 0 Å². The molecule has 0 aliphatic carbocycles. The van der Waals surface area contributed by atoms with Gasteiger partial charge in [-0.15, -0.1) is 0 Å². The van der Waals surface area contributed by atoms with E-state index in [1.807, 2.05) is 0 Å². The highest BCUT2D eigenvalue weighted by atomic mass is 19.4. The highest BCUT2D eigenvalue weighted by molar-refractivity contribution is 5.45. The maximum Gasteiger partial charge on any atom is 0.410 e. The topological polar surface area (TPSA) is 29.9 Å². The molecule has 0 aromatic carbocycles. The van der Waals surface area contributed by atoms with Crippen LogP contribution in [0.15, 0.2) is 6.20 Å². The number of anilines is 1. The van der Waals surface area contributed by atoms with Crippen molar-refractivity contribution in [3.63, 3.8) is 0 Å². The van der Waals surface area contributed by atoms with E-state index in [1.165, 1.54) is 6.20 Å². The van der Waals surface area contributed by atoms with E-state index in [0.717, 1.165) is 10.2 Å². The molecule has 0 spiro atoms. The minimum absolute atomic E-state index is 0.0254. The lowest BCUT2D eigenvalue weighted by atomic mass is 10.1. The molecular formula is C9H12F3N3. The van der Waals surface area contributed by atoms with Gasteiger partial charge in [-0.1, -0.05) is 0 Å². The number of hydrogen-bond acceptors (Lipinski definition) is 2. The molecule has 2 unspecified atom stereocenters. The Kier molecular flexibility index (Phi) is 2.17. The van der Waals surface area contributed by atoms with Crippen molar-refractivity contribution in [3.05, 3.63) is 11.8 Å². The lowest BCUT2D eigenvalue weighted by Crippen LogP contribution is -2.38. The molecule has 1 aromatic rings. The molecule has 1 aliphatic heterocycles. The number of halogens is 3. The predicted molar refractivity (Wildman–Crippen MR) is 49.8 cm³/mol. The molecule has 15 heavy (non-hydrogen) atoms. The Morgan fingerprint density at radius 2 is 2.20 bits per heavy atom. The molecule has 2 rings (SSSR count). The summed E-state index contributed by atoms with van der Waals surface area (Å²) in [6.45, 7) is 3.49. The smallest absolute Gasteiger partial charge is 0.368 e. The quantitative estimate of drug-likeness (QED) is 0.726. The molecule has 0 saturated carbocycles. The van der Waals surface area contributed by atoms with Crippen LogP contribution in [0.25, 0.3) is 0 Å². The zero-order valence-corrected chi connectivity index (χ0v) is 8.47. The summed E-state index contributed by atoms with van der Waals surface area (Å²) in [4.78, 5) is 0. The van der Waals surface area contributed by atoms with Crippen molar-refractivity contribution in [1.82, 2.24) is 9.78 Å². The Bertz CT molecular complexity index is 369. The number of nitrogens with one attached hydrogen (secondary N) is 1. The Hall–Kier alpha value is -1.20. The lowest BCUT2D eigenvalue weighted by Gasteiger charge is -2.31. The molecule has 1 aromatic heterocycles. The first-order valence-electron chi connectivity index (χ1n) is 4.77. The van der Waals surface area contributed by atoms with Gasteiger partial charge in [-0.3, -0.25) is 0 Å². The van der Waals surface area contributed by atoms with Crippen LogP contribution in [0.1, 0.15) is 24.9 Å². The van der Waals surface area contributed by atoms with Gasteiger partial charge in [-0.2, -0.15) is 18.3 Å². The Balaban J connectivity index is 2.44. The summed E-state index contributed by atoms with van der Waals surface area (Å²) in [6.07, 6.45) is -2.75. The zero-order valence-electron chi connectivity index (χ0n) is 8.47. The fraction of sp³-hybridized carbons (Fsp3) is 0.667. The Morgan fingerprint density at radius 3 is 2.80 bits per heavy atom. The lowest BCUT2D eigenvalue weighted by molar-refractivity contribution is -0.173. The van der Waals surface area contributed by atoms with E-state index in [9.17, 15) is 13.2 Å². The summed E-state index contributed by atoms with van der Waals surface area (Å²) < 4.78 is 39.2. The third-order valence-corrected chi connectivity index (χ3v) is 2.61. The van der Waals surface area contributed by atoms with Gasteiger partial charge in [0, 0.05) is 11.6 Å². The van der Waals surface area contributed by atoms with Gasteiger partial charge in [-0.25, -0.2) is 4.68 Å². The van der Waals surface area contributed by atoms with Crippen molar-refractivity contribution < 1.29 is 13.2 Å². The van der Waals surface area contributed by atoms with Crippen molar-refractivity contribution >= 4 is 5.82 Å². The molecule has 84 valence electrons. The van der Waals surface area contributed by atoms with Crippen LogP contribution < -0.4 is 5.32 Å². The van der Waals surface area contributed by atoms with Crippen LogP contribution in [0, 0.1) is 6.92 Å². The van der Waals surface area contributed by atoms with Gasteiger partial charge in [0.25, 0.3) is 0 Å². The highest BCUT2D eigenvalue weighted by Gasteiger charge is 2.45. The third kappa shape index (κ3) is 1.68. The molecule has 2 atom stereocenters. The van der Waals surface area contributed by atoms with E-state index in [2.05, 4.69) is 10.4 Å². The summed E-state index contributed by atoms with van der Waals surface area (Å²) in [5.74, 6) is 0.482. The zero-order chi connectivity index (χ0) is 11.2. The van der Waals surface area contributed by atoms with Crippen LogP contribution in [0.2, 0.25) is 0 Å². The third-order valence-electron chi connectivity index (χ3n) is 2.61. The standard InChI is InChI=1S/C9H12F3N3/c1-5-4-13-15-7(9(10,11)12)3-6(2)14-8(5)15/h4,6-7,14H,3H2,1-2H3. The van der Waals surface area contributed by atoms with Crippen LogP contribution in [0.3, 0.4) is 0 Å². The average molecular weight is 219 g/mol. The van der Waals surface area contributed by atoms with Gasteiger partial charge in [0.05, 0.1) is 6.20 Å². The van der Waals surface area contributed by atoms with Crippen molar-refractivity contribution in [2.24, 2.45) is 0 Å². The van der Waals surface area contributed by atoms with E-state index in [0.29, 0.717) is 5.82 Å². The summed E-state index contributed by atoms with van der Waals surface area (Å²) in [5, 5.41) is 6.78. The van der Waals surface area contributed by atoms with Crippen molar-refractivity contribution in [2.75, 3.05) is 5.32 Å². The fourth-order valence-electron chi connectivity index (χ4n) is 1.86. The first-order chi connectivity index (χ1) is 6.89. The molecule has 0 saturated heterocycles. The number of aryl methyl sites for hydroxylation is 1. The van der Waals surface area contributed by atoms with Gasteiger partial charge in [-0.05, 0) is 20.3 Å². The van der Waals surface area contributed by atoms with E-state index in [1.54, 1.807) is 13.8 Å². The molecule has 2 heterocycles. The minimum Gasteiger partial charge on any atom is -0.368 e. The molecule has 0 fully saturated rings. The van der Waals surface area contributed by atoms with Gasteiger partial charge in [0.15, 0.2) is 6.04 Å². The maximum atomic E-state index is 12.7. The van der Waals surface area contributed by atoms with Crippen LogP contribution in [0.4, 0.5) is 19.0 Å². The molecule has 1 N–H and O–H groups in total. The number of alkyl halides is 3. The van der Waals surface area contributed by atoms with E-state index in [4.69, 9.17) is 0 Å². The predicted octanol–water partition coefficient (Wildman–Crippen LogP) is 2.50. The first-order valence-corrected chi connectivity index (χ1v) is 4.77.